The van der Waals surface area contributed by atoms with E-state index in [1.54, 1.807) is 0 Å². The molecule has 0 saturated heterocycles. The second-order valence-corrected chi connectivity index (χ2v) is 5.16. The summed E-state index contributed by atoms with van der Waals surface area (Å²) in [5, 5.41) is 3.29. The van der Waals surface area contributed by atoms with Gasteiger partial charge in [0.15, 0.2) is 0 Å². The fourth-order valence-corrected chi connectivity index (χ4v) is 2.08. The van der Waals surface area contributed by atoms with Gasteiger partial charge in [0.1, 0.15) is 0 Å². The summed E-state index contributed by atoms with van der Waals surface area (Å²) in [5.41, 5.74) is 5.75. The van der Waals surface area contributed by atoms with Gasteiger partial charge < -0.3 is 16.0 Å². The first-order valence-electron chi connectivity index (χ1n) is 6.99. The van der Waals surface area contributed by atoms with E-state index in [0.717, 1.165) is 19.5 Å². The van der Waals surface area contributed by atoms with Crippen molar-refractivity contribution in [3.05, 3.63) is 0 Å². The molecule has 0 fully saturated rings. The molecule has 0 aliphatic heterocycles. The number of nitrogen functional groups attached to an aromatic ring is 1. The third-order valence-electron chi connectivity index (χ3n) is 2.89. The molecule has 1 atom stereocenters. The van der Waals surface area contributed by atoms with E-state index in [2.05, 4.69) is 59.8 Å². The Labute approximate surface area is 115 Å². The summed E-state index contributed by atoms with van der Waals surface area (Å²) in [7, 11) is 0. The van der Waals surface area contributed by atoms with E-state index in [9.17, 15) is 0 Å². The molecule has 0 aromatic carbocycles. The van der Waals surface area contributed by atoms with Crippen molar-refractivity contribution < 1.29 is 0 Å². The highest BCUT2D eigenvalue weighted by molar-refractivity contribution is 5.42. The van der Waals surface area contributed by atoms with Crippen LogP contribution in [0.5, 0.6) is 0 Å². The lowest BCUT2D eigenvalue weighted by molar-refractivity contribution is 0.537. The van der Waals surface area contributed by atoms with Gasteiger partial charge in [-0.05, 0) is 33.1 Å². The molecule has 1 heterocycles. The summed E-state index contributed by atoms with van der Waals surface area (Å²) < 4.78 is 0. The monoisotopic (exact) mass is 266 g/mol. The molecule has 6 nitrogen and oxygen atoms in total. The van der Waals surface area contributed by atoms with E-state index in [1.807, 2.05) is 0 Å². The Morgan fingerprint density at radius 3 is 2.26 bits per heavy atom. The Morgan fingerprint density at radius 1 is 1.11 bits per heavy atom. The molecule has 0 spiro atoms. The zero-order valence-electron chi connectivity index (χ0n) is 12.6. The van der Waals surface area contributed by atoms with Crippen molar-refractivity contribution in [1.82, 2.24) is 15.0 Å². The van der Waals surface area contributed by atoms with Crippen LogP contribution < -0.4 is 16.0 Å². The largest absolute Gasteiger partial charge is 0.368 e. The van der Waals surface area contributed by atoms with Gasteiger partial charge in [-0.3, -0.25) is 0 Å². The van der Waals surface area contributed by atoms with Crippen LogP contribution in [-0.4, -0.2) is 34.1 Å². The summed E-state index contributed by atoms with van der Waals surface area (Å²) in [5.74, 6) is 2.08. The van der Waals surface area contributed by atoms with Crippen molar-refractivity contribution in [2.24, 2.45) is 5.92 Å². The van der Waals surface area contributed by atoms with Gasteiger partial charge in [-0.25, -0.2) is 0 Å². The van der Waals surface area contributed by atoms with E-state index in [-0.39, 0.29) is 5.95 Å². The summed E-state index contributed by atoms with van der Waals surface area (Å²) in [4.78, 5) is 14.8. The van der Waals surface area contributed by atoms with Crippen molar-refractivity contribution in [3.8, 4) is 0 Å². The fourth-order valence-electron chi connectivity index (χ4n) is 2.08. The molecule has 108 valence electrons. The molecule has 0 saturated carbocycles. The van der Waals surface area contributed by atoms with Crippen molar-refractivity contribution in [2.45, 2.75) is 47.1 Å². The van der Waals surface area contributed by atoms with Gasteiger partial charge in [-0.2, -0.15) is 15.0 Å². The first-order valence-corrected chi connectivity index (χ1v) is 6.99. The van der Waals surface area contributed by atoms with Crippen LogP contribution in [0.2, 0.25) is 0 Å². The number of hydrogen-bond acceptors (Lipinski definition) is 6. The van der Waals surface area contributed by atoms with Gasteiger partial charge in [0.05, 0.1) is 0 Å². The first kappa shape index (κ1) is 15.5. The van der Waals surface area contributed by atoms with Crippen LogP contribution >= 0.6 is 0 Å². The molecule has 0 aliphatic carbocycles. The average Bonchev–Trinajstić information content (AvgIpc) is 2.28. The molecule has 6 heteroatoms. The molecule has 0 radical (unpaired) electrons. The Bertz CT molecular complexity index is 389. The Morgan fingerprint density at radius 2 is 1.74 bits per heavy atom. The topological polar surface area (TPSA) is 80.0 Å². The minimum atomic E-state index is 0.260. The molecule has 19 heavy (non-hydrogen) atoms. The van der Waals surface area contributed by atoms with Crippen molar-refractivity contribution in [2.75, 3.05) is 29.0 Å². The van der Waals surface area contributed by atoms with Crippen molar-refractivity contribution in [3.63, 3.8) is 0 Å². The van der Waals surface area contributed by atoms with E-state index in [0.29, 0.717) is 23.9 Å². The number of rotatable bonds is 7. The molecule has 1 unspecified atom stereocenters. The summed E-state index contributed by atoms with van der Waals surface area (Å²) in [6, 6.07) is 0.311. The second kappa shape index (κ2) is 7.11. The van der Waals surface area contributed by atoms with Gasteiger partial charge in [-0.15, -0.1) is 0 Å². The lowest BCUT2D eigenvalue weighted by Crippen LogP contribution is -2.26. The van der Waals surface area contributed by atoms with Crippen LogP contribution in [0.3, 0.4) is 0 Å². The highest BCUT2D eigenvalue weighted by atomic mass is 15.3. The Balaban J connectivity index is 2.84. The number of anilines is 3. The molecule has 1 rings (SSSR count). The minimum Gasteiger partial charge on any atom is -0.368 e. The van der Waals surface area contributed by atoms with Gasteiger partial charge >= 0.3 is 0 Å². The van der Waals surface area contributed by atoms with Crippen LogP contribution in [-0.2, 0) is 0 Å². The third kappa shape index (κ3) is 4.89. The molecular formula is C13H26N6. The number of nitrogens with one attached hydrogen (secondary N) is 1. The predicted octanol–water partition coefficient (Wildman–Crippen LogP) is 2.15. The van der Waals surface area contributed by atoms with Gasteiger partial charge in [0, 0.05) is 19.1 Å². The molecule has 1 aromatic heterocycles. The number of aromatic nitrogens is 3. The number of nitrogens with two attached hydrogens (primary N) is 1. The van der Waals surface area contributed by atoms with Crippen molar-refractivity contribution >= 4 is 17.8 Å². The maximum Gasteiger partial charge on any atom is 0.231 e. The van der Waals surface area contributed by atoms with Crippen LogP contribution in [0, 0.1) is 5.92 Å². The van der Waals surface area contributed by atoms with Gasteiger partial charge in [-0.1, -0.05) is 13.8 Å². The SMILES string of the molecule is CCN(CC)c1nc(N)nc(NC(C)CC(C)C)n1. The highest BCUT2D eigenvalue weighted by Crippen LogP contribution is 2.14. The molecule has 0 aliphatic rings. The Kier molecular flexibility index (Phi) is 5.79. The molecule has 0 amide bonds. The second-order valence-electron chi connectivity index (χ2n) is 5.16. The van der Waals surface area contributed by atoms with E-state index >= 15 is 0 Å². The van der Waals surface area contributed by atoms with E-state index < -0.39 is 0 Å². The van der Waals surface area contributed by atoms with Gasteiger partial charge in [0.25, 0.3) is 0 Å². The Hall–Kier alpha value is -1.59. The fraction of sp³-hybridized carbons (Fsp3) is 0.769. The standard InChI is InChI=1S/C13H26N6/c1-6-19(7-2)13-17-11(14)16-12(18-13)15-10(5)8-9(3)4/h9-10H,6-8H2,1-5H3,(H3,14,15,16,17,18). The number of nitrogens with zero attached hydrogens (tertiary/aromatic N) is 4. The zero-order chi connectivity index (χ0) is 14.4. The maximum absolute atomic E-state index is 5.75. The molecule has 3 N–H and O–H groups in total. The van der Waals surface area contributed by atoms with E-state index in [4.69, 9.17) is 5.73 Å². The smallest absolute Gasteiger partial charge is 0.231 e. The predicted molar refractivity (Wildman–Crippen MR) is 80.3 cm³/mol. The minimum absolute atomic E-state index is 0.260. The van der Waals surface area contributed by atoms with Crippen molar-refractivity contribution in [1.29, 1.82) is 0 Å². The average molecular weight is 266 g/mol. The zero-order valence-corrected chi connectivity index (χ0v) is 12.6. The van der Waals surface area contributed by atoms with Crippen LogP contribution in [0.1, 0.15) is 41.0 Å². The molecule has 0 bridgehead atoms. The normalized spacial score (nSPS) is 12.5. The lowest BCUT2D eigenvalue weighted by atomic mass is 10.1. The summed E-state index contributed by atoms with van der Waals surface area (Å²) in [6.45, 7) is 12.3. The molecular weight excluding hydrogens is 240 g/mol. The summed E-state index contributed by atoms with van der Waals surface area (Å²) >= 11 is 0. The van der Waals surface area contributed by atoms with Crippen LogP contribution in [0.15, 0.2) is 0 Å². The lowest BCUT2D eigenvalue weighted by Gasteiger charge is -2.20. The maximum atomic E-state index is 5.75. The number of hydrogen-bond donors (Lipinski definition) is 2. The van der Waals surface area contributed by atoms with Crippen LogP contribution in [0.4, 0.5) is 17.8 Å². The van der Waals surface area contributed by atoms with E-state index in [1.165, 1.54) is 0 Å². The third-order valence-corrected chi connectivity index (χ3v) is 2.89. The first-order chi connectivity index (χ1) is 8.96. The quantitative estimate of drug-likeness (QED) is 0.787. The molecule has 1 aromatic rings. The van der Waals surface area contributed by atoms with Crippen LogP contribution in [0.25, 0.3) is 0 Å². The highest BCUT2D eigenvalue weighted by Gasteiger charge is 2.12. The summed E-state index contributed by atoms with van der Waals surface area (Å²) in [6.07, 6.45) is 1.06. The van der Waals surface area contributed by atoms with Gasteiger partial charge in [0.2, 0.25) is 17.8 Å².